The fraction of sp³-hybridized carbons (Fsp3) is 0.364. The minimum absolute atomic E-state index is 0.215. The molecule has 2 aliphatic heterocycles. The SMILES string of the molecule is COc1ccc(OC)c([C@@H]2CC(c3ccccc3Cl)=NN2C(=O)CN(CCN2CCOCC2)C(=O)Nc2ccccc2OC)c1. The molecule has 0 bridgehead atoms. The van der Waals surface area contributed by atoms with Crippen molar-refractivity contribution < 1.29 is 28.5 Å². The summed E-state index contributed by atoms with van der Waals surface area (Å²) in [5.41, 5.74) is 2.63. The Hall–Kier alpha value is -4.32. The summed E-state index contributed by atoms with van der Waals surface area (Å²) in [5.74, 6) is 1.37. The van der Waals surface area contributed by atoms with Crippen LogP contribution in [0.1, 0.15) is 23.6 Å². The molecule has 1 atom stereocenters. The molecular formula is C33H38ClN5O6. The van der Waals surface area contributed by atoms with Gasteiger partial charge in [0.05, 0.1) is 52.0 Å². The molecule has 0 radical (unpaired) electrons. The van der Waals surface area contributed by atoms with E-state index in [1.807, 2.05) is 36.4 Å². The number of amides is 3. The molecule has 12 heteroatoms. The van der Waals surface area contributed by atoms with Crippen molar-refractivity contribution in [3.05, 3.63) is 82.9 Å². The molecule has 238 valence electrons. The Morgan fingerprint density at radius 3 is 2.44 bits per heavy atom. The minimum Gasteiger partial charge on any atom is -0.497 e. The van der Waals surface area contributed by atoms with Crippen molar-refractivity contribution in [2.75, 3.05) is 72.6 Å². The van der Waals surface area contributed by atoms with Crippen LogP contribution in [-0.4, -0.2) is 99.7 Å². The van der Waals surface area contributed by atoms with E-state index in [1.165, 1.54) is 9.91 Å². The first-order valence-electron chi connectivity index (χ1n) is 14.8. The van der Waals surface area contributed by atoms with Gasteiger partial charge in [0.25, 0.3) is 5.91 Å². The van der Waals surface area contributed by atoms with Gasteiger partial charge >= 0.3 is 6.03 Å². The Labute approximate surface area is 268 Å². The molecule has 1 saturated heterocycles. The van der Waals surface area contributed by atoms with Crippen LogP contribution in [0.25, 0.3) is 0 Å². The topological polar surface area (TPSA) is 105 Å². The molecule has 2 aliphatic rings. The Balaban J connectivity index is 1.45. The quantitative estimate of drug-likeness (QED) is 0.319. The van der Waals surface area contributed by atoms with Gasteiger partial charge in [-0.2, -0.15) is 5.10 Å². The smallest absolute Gasteiger partial charge is 0.322 e. The highest BCUT2D eigenvalue weighted by molar-refractivity contribution is 6.34. The molecule has 1 fully saturated rings. The van der Waals surface area contributed by atoms with E-state index in [-0.39, 0.29) is 12.5 Å². The second kappa shape index (κ2) is 15.1. The molecule has 3 aromatic rings. The van der Waals surface area contributed by atoms with Gasteiger partial charge < -0.3 is 29.2 Å². The monoisotopic (exact) mass is 635 g/mol. The molecule has 45 heavy (non-hydrogen) atoms. The van der Waals surface area contributed by atoms with Gasteiger partial charge in [0.1, 0.15) is 23.8 Å². The van der Waals surface area contributed by atoms with E-state index in [9.17, 15) is 9.59 Å². The van der Waals surface area contributed by atoms with Crippen LogP contribution in [0.4, 0.5) is 10.5 Å². The highest BCUT2D eigenvalue weighted by atomic mass is 35.5. The fourth-order valence-corrected chi connectivity index (χ4v) is 5.70. The maximum Gasteiger partial charge on any atom is 0.322 e. The van der Waals surface area contributed by atoms with Crippen molar-refractivity contribution in [2.24, 2.45) is 5.10 Å². The average Bonchev–Trinajstić information content (AvgIpc) is 3.52. The lowest BCUT2D eigenvalue weighted by molar-refractivity contribution is -0.133. The molecule has 0 spiro atoms. The van der Waals surface area contributed by atoms with E-state index in [4.69, 9.17) is 35.6 Å². The van der Waals surface area contributed by atoms with E-state index < -0.39 is 12.1 Å². The number of ether oxygens (including phenoxy) is 4. The number of methoxy groups -OCH3 is 3. The van der Waals surface area contributed by atoms with Gasteiger partial charge in [-0.25, -0.2) is 9.80 Å². The number of carbonyl (C=O) groups is 2. The molecule has 5 rings (SSSR count). The van der Waals surface area contributed by atoms with Crippen LogP contribution in [-0.2, 0) is 9.53 Å². The first-order chi connectivity index (χ1) is 21.9. The molecule has 0 saturated carbocycles. The molecular weight excluding hydrogens is 598 g/mol. The number of anilines is 1. The lowest BCUT2D eigenvalue weighted by atomic mass is 9.97. The third-order valence-corrected chi connectivity index (χ3v) is 8.23. The lowest BCUT2D eigenvalue weighted by Crippen LogP contribution is -2.47. The summed E-state index contributed by atoms with van der Waals surface area (Å²) in [6, 6.07) is 19.1. The van der Waals surface area contributed by atoms with Crippen LogP contribution < -0.4 is 19.5 Å². The van der Waals surface area contributed by atoms with Gasteiger partial charge in [0.15, 0.2) is 0 Å². The number of para-hydroxylation sites is 2. The zero-order valence-corrected chi connectivity index (χ0v) is 26.5. The minimum atomic E-state index is -0.521. The number of carbonyl (C=O) groups excluding carboxylic acids is 2. The van der Waals surface area contributed by atoms with Crippen LogP contribution in [0, 0.1) is 0 Å². The highest BCUT2D eigenvalue weighted by Crippen LogP contribution is 2.40. The van der Waals surface area contributed by atoms with E-state index in [0.717, 1.165) is 24.2 Å². The first-order valence-corrected chi connectivity index (χ1v) is 15.1. The third kappa shape index (κ3) is 7.67. The third-order valence-electron chi connectivity index (χ3n) is 7.90. The number of hydrazone groups is 1. The number of nitrogens with one attached hydrogen (secondary N) is 1. The summed E-state index contributed by atoms with van der Waals surface area (Å²) in [5, 5.41) is 9.69. The molecule has 0 aliphatic carbocycles. The van der Waals surface area contributed by atoms with Gasteiger partial charge in [0.2, 0.25) is 0 Å². The molecule has 0 aromatic heterocycles. The number of benzene rings is 3. The van der Waals surface area contributed by atoms with Gasteiger partial charge in [-0.1, -0.05) is 41.9 Å². The zero-order valence-electron chi connectivity index (χ0n) is 25.7. The molecule has 1 N–H and O–H groups in total. The Morgan fingerprint density at radius 2 is 1.71 bits per heavy atom. The number of hydrogen-bond donors (Lipinski definition) is 1. The van der Waals surface area contributed by atoms with Crippen molar-refractivity contribution in [2.45, 2.75) is 12.5 Å². The van der Waals surface area contributed by atoms with Crippen LogP contribution in [0.2, 0.25) is 5.02 Å². The standard InChI is InChI=1S/C33H38ClN5O6/c1-42-23-12-13-30(43-2)25(20-23)29-21-28(24-8-4-5-9-26(24)34)36-39(29)32(40)22-38(15-14-37-16-18-45-19-17-37)33(41)35-27-10-6-7-11-31(27)44-3/h4-13,20,29H,14-19,21-22H2,1-3H3,(H,35,41)/t29-/m0/s1. The molecule has 11 nitrogen and oxygen atoms in total. The molecule has 3 amide bonds. The molecule has 3 aromatic carbocycles. The average molecular weight is 636 g/mol. The predicted molar refractivity (Wildman–Crippen MR) is 173 cm³/mol. The second-order valence-electron chi connectivity index (χ2n) is 10.6. The van der Waals surface area contributed by atoms with Gasteiger partial charge in [-0.3, -0.25) is 9.69 Å². The number of urea groups is 1. The molecule has 2 heterocycles. The van der Waals surface area contributed by atoms with Crippen molar-refractivity contribution in [3.8, 4) is 17.2 Å². The lowest BCUT2D eigenvalue weighted by Gasteiger charge is -2.31. The van der Waals surface area contributed by atoms with Crippen molar-refractivity contribution in [1.29, 1.82) is 0 Å². The van der Waals surface area contributed by atoms with E-state index in [1.54, 1.807) is 51.7 Å². The second-order valence-corrected chi connectivity index (χ2v) is 11.0. The number of halogens is 1. The summed E-state index contributed by atoms with van der Waals surface area (Å²) >= 11 is 6.56. The van der Waals surface area contributed by atoms with E-state index in [0.29, 0.717) is 66.4 Å². The van der Waals surface area contributed by atoms with Crippen LogP contribution in [0.5, 0.6) is 17.2 Å². The normalized spacial score (nSPS) is 16.6. The fourth-order valence-electron chi connectivity index (χ4n) is 5.46. The number of morpholine rings is 1. The maximum absolute atomic E-state index is 14.2. The van der Waals surface area contributed by atoms with Crippen LogP contribution in [0.3, 0.4) is 0 Å². The van der Waals surface area contributed by atoms with Gasteiger partial charge in [-0.15, -0.1) is 0 Å². The summed E-state index contributed by atoms with van der Waals surface area (Å²) in [6.45, 7) is 3.45. The number of rotatable bonds is 11. The molecule has 0 unspecified atom stereocenters. The van der Waals surface area contributed by atoms with E-state index >= 15 is 0 Å². The summed E-state index contributed by atoms with van der Waals surface area (Å²) < 4.78 is 22.1. The van der Waals surface area contributed by atoms with Gasteiger partial charge in [-0.05, 0) is 36.4 Å². The first kappa shape index (κ1) is 32.1. The summed E-state index contributed by atoms with van der Waals surface area (Å²) in [4.78, 5) is 31.7. The zero-order chi connectivity index (χ0) is 31.8. The van der Waals surface area contributed by atoms with E-state index in [2.05, 4.69) is 10.2 Å². The van der Waals surface area contributed by atoms with Crippen molar-refractivity contribution in [1.82, 2.24) is 14.8 Å². The summed E-state index contributed by atoms with van der Waals surface area (Å²) in [7, 11) is 4.71. The van der Waals surface area contributed by atoms with Crippen LogP contribution in [0.15, 0.2) is 71.8 Å². The number of nitrogens with zero attached hydrogens (tertiary/aromatic N) is 4. The Kier molecular flexibility index (Phi) is 10.8. The Bertz CT molecular complexity index is 1530. The largest absolute Gasteiger partial charge is 0.497 e. The van der Waals surface area contributed by atoms with Crippen LogP contribution >= 0.6 is 11.6 Å². The van der Waals surface area contributed by atoms with Crippen molar-refractivity contribution in [3.63, 3.8) is 0 Å². The van der Waals surface area contributed by atoms with Crippen molar-refractivity contribution >= 4 is 34.9 Å². The summed E-state index contributed by atoms with van der Waals surface area (Å²) in [6.07, 6.45) is 0.389. The number of hydrogen-bond acceptors (Lipinski definition) is 8. The predicted octanol–water partition coefficient (Wildman–Crippen LogP) is 4.91. The van der Waals surface area contributed by atoms with Gasteiger partial charge in [0, 0.05) is 48.7 Å². The Morgan fingerprint density at radius 1 is 0.978 bits per heavy atom. The highest BCUT2D eigenvalue weighted by Gasteiger charge is 2.37. The maximum atomic E-state index is 14.2.